The van der Waals surface area contributed by atoms with E-state index in [9.17, 15) is 0 Å². The van der Waals surface area contributed by atoms with Crippen LogP contribution in [0.4, 0.5) is 11.9 Å². The van der Waals surface area contributed by atoms with Crippen molar-refractivity contribution in [3.05, 3.63) is 30.1 Å². The summed E-state index contributed by atoms with van der Waals surface area (Å²) in [5.74, 6) is 0.791. The molecule has 2 rings (SSSR count). The number of nitrogen functional groups attached to an aromatic ring is 1. The van der Waals surface area contributed by atoms with Crippen LogP contribution in [0.25, 0.3) is 0 Å². The first-order valence-corrected chi connectivity index (χ1v) is 4.60. The Hall–Kier alpha value is -2.11. The van der Waals surface area contributed by atoms with Gasteiger partial charge in [-0.25, -0.2) is 5.10 Å². The summed E-state index contributed by atoms with van der Waals surface area (Å²) >= 11 is 0. The molecule has 0 aromatic carbocycles. The van der Waals surface area contributed by atoms with Crippen LogP contribution in [0.2, 0.25) is 0 Å². The largest absolute Gasteiger partial charge is 0.368 e. The first-order chi connectivity index (χ1) is 7.25. The zero-order valence-electron chi connectivity index (χ0n) is 8.31. The molecule has 0 spiro atoms. The van der Waals surface area contributed by atoms with Gasteiger partial charge in [-0.3, -0.25) is 4.98 Å². The topological polar surface area (TPSA) is 92.5 Å². The molecule has 0 radical (unpaired) electrons. The van der Waals surface area contributed by atoms with Gasteiger partial charge in [0.1, 0.15) is 0 Å². The van der Waals surface area contributed by atoms with E-state index in [1.165, 1.54) is 0 Å². The minimum Gasteiger partial charge on any atom is -0.368 e. The van der Waals surface area contributed by atoms with Crippen LogP contribution >= 0.6 is 0 Å². The summed E-state index contributed by atoms with van der Waals surface area (Å²) in [7, 11) is 0. The van der Waals surface area contributed by atoms with Gasteiger partial charge < -0.3 is 11.1 Å². The molecule has 0 bridgehead atoms. The van der Waals surface area contributed by atoms with Crippen molar-refractivity contribution in [1.82, 2.24) is 20.2 Å². The quantitative estimate of drug-likeness (QED) is 0.692. The van der Waals surface area contributed by atoms with E-state index >= 15 is 0 Å². The average molecular weight is 204 g/mol. The maximum Gasteiger partial charge on any atom is 0.244 e. The van der Waals surface area contributed by atoms with E-state index in [4.69, 9.17) is 5.73 Å². The number of aromatic nitrogens is 4. The Kier molecular flexibility index (Phi) is 2.49. The lowest BCUT2D eigenvalue weighted by atomic mass is 10.1. The molecule has 4 N–H and O–H groups in total. The normalized spacial score (nSPS) is 12.3. The van der Waals surface area contributed by atoms with E-state index in [-0.39, 0.29) is 6.04 Å². The highest BCUT2D eigenvalue weighted by Crippen LogP contribution is 2.15. The van der Waals surface area contributed by atoms with Crippen molar-refractivity contribution in [3.8, 4) is 0 Å². The number of anilines is 2. The molecule has 1 atom stereocenters. The van der Waals surface area contributed by atoms with Gasteiger partial charge in [0.2, 0.25) is 11.9 Å². The minimum absolute atomic E-state index is 0.0916. The van der Waals surface area contributed by atoms with Crippen molar-refractivity contribution >= 4 is 11.9 Å². The summed E-state index contributed by atoms with van der Waals surface area (Å²) < 4.78 is 0. The summed E-state index contributed by atoms with van der Waals surface area (Å²) in [6.07, 6.45) is 3.54. The van der Waals surface area contributed by atoms with E-state index in [1.807, 2.05) is 19.1 Å². The van der Waals surface area contributed by atoms with E-state index in [0.29, 0.717) is 11.9 Å². The maximum atomic E-state index is 5.41. The molecular formula is C9H12N6. The van der Waals surface area contributed by atoms with Crippen LogP contribution in [0.15, 0.2) is 24.5 Å². The van der Waals surface area contributed by atoms with Gasteiger partial charge in [0, 0.05) is 12.4 Å². The lowest BCUT2D eigenvalue weighted by Crippen LogP contribution is -2.08. The second kappa shape index (κ2) is 3.95. The predicted octanol–water partition coefficient (Wildman–Crippen LogP) is 0.955. The van der Waals surface area contributed by atoms with E-state index in [1.54, 1.807) is 12.4 Å². The molecule has 0 aliphatic carbocycles. The number of pyridine rings is 1. The zero-order chi connectivity index (χ0) is 10.7. The van der Waals surface area contributed by atoms with E-state index < -0.39 is 0 Å². The monoisotopic (exact) mass is 204 g/mol. The van der Waals surface area contributed by atoms with Gasteiger partial charge in [-0.05, 0) is 18.6 Å². The fraction of sp³-hybridized carbons (Fsp3) is 0.222. The molecule has 2 aromatic heterocycles. The minimum atomic E-state index is 0.0916. The van der Waals surface area contributed by atoms with Gasteiger partial charge in [0.15, 0.2) is 0 Å². The number of hydrogen-bond acceptors (Lipinski definition) is 5. The highest BCUT2D eigenvalue weighted by molar-refractivity contribution is 5.33. The lowest BCUT2D eigenvalue weighted by Gasteiger charge is -2.11. The van der Waals surface area contributed by atoms with E-state index in [0.717, 1.165) is 5.56 Å². The maximum absolute atomic E-state index is 5.41. The molecule has 2 aromatic rings. The molecule has 78 valence electrons. The first kappa shape index (κ1) is 9.45. The summed E-state index contributed by atoms with van der Waals surface area (Å²) in [6.45, 7) is 2.00. The first-order valence-electron chi connectivity index (χ1n) is 4.60. The molecular weight excluding hydrogens is 192 g/mol. The smallest absolute Gasteiger partial charge is 0.244 e. The van der Waals surface area contributed by atoms with Crippen molar-refractivity contribution in [1.29, 1.82) is 0 Å². The van der Waals surface area contributed by atoms with Gasteiger partial charge in [-0.1, -0.05) is 6.07 Å². The molecule has 0 aliphatic rings. The number of H-pyrrole nitrogens is 1. The van der Waals surface area contributed by atoms with Gasteiger partial charge in [-0.15, -0.1) is 5.10 Å². The Labute approximate surface area is 86.9 Å². The Bertz CT molecular complexity index is 423. The SMILES string of the molecule is CC(Nc1n[nH]c(N)n1)c1cccnc1. The van der Waals surface area contributed by atoms with Crippen LogP contribution < -0.4 is 11.1 Å². The second-order valence-corrected chi connectivity index (χ2v) is 3.20. The van der Waals surface area contributed by atoms with Crippen molar-refractivity contribution in [2.24, 2.45) is 0 Å². The highest BCUT2D eigenvalue weighted by atomic mass is 15.3. The number of nitrogens with two attached hydrogens (primary N) is 1. The van der Waals surface area contributed by atoms with Crippen LogP contribution in [-0.2, 0) is 0 Å². The number of aromatic amines is 1. The number of nitrogens with one attached hydrogen (secondary N) is 2. The fourth-order valence-electron chi connectivity index (χ4n) is 1.25. The van der Waals surface area contributed by atoms with Crippen LogP contribution in [0.3, 0.4) is 0 Å². The fourth-order valence-corrected chi connectivity index (χ4v) is 1.25. The Morgan fingerprint density at radius 3 is 3.00 bits per heavy atom. The van der Waals surface area contributed by atoms with Crippen molar-refractivity contribution in [3.63, 3.8) is 0 Å². The number of hydrogen-bond donors (Lipinski definition) is 3. The third-order valence-electron chi connectivity index (χ3n) is 2.03. The van der Waals surface area contributed by atoms with Crippen molar-refractivity contribution in [2.45, 2.75) is 13.0 Å². The molecule has 0 saturated carbocycles. The molecule has 2 heterocycles. The highest BCUT2D eigenvalue weighted by Gasteiger charge is 2.07. The van der Waals surface area contributed by atoms with Gasteiger partial charge >= 0.3 is 0 Å². The van der Waals surface area contributed by atoms with Crippen molar-refractivity contribution < 1.29 is 0 Å². The Morgan fingerprint density at radius 1 is 1.53 bits per heavy atom. The van der Waals surface area contributed by atoms with Gasteiger partial charge in [0.05, 0.1) is 6.04 Å². The Balaban J connectivity index is 2.07. The number of rotatable bonds is 3. The molecule has 0 aliphatic heterocycles. The van der Waals surface area contributed by atoms with Gasteiger partial charge in [-0.2, -0.15) is 4.98 Å². The summed E-state index contributed by atoms with van der Waals surface area (Å²) in [6, 6.07) is 3.97. The molecule has 6 nitrogen and oxygen atoms in total. The molecule has 0 saturated heterocycles. The third kappa shape index (κ3) is 2.22. The van der Waals surface area contributed by atoms with Crippen LogP contribution in [0.1, 0.15) is 18.5 Å². The van der Waals surface area contributed by atoms with Crippen molar-refractivity contribution in [2.75, 3.05) is 11.1 Å². The van der Waals surface area contributed by atoms with Crippen LogP contribution in [0.5, 0.6) is 0 Å². The molecule has 0 fully saturated rings. The number of nitrogens with zero attached hydrogens (tertiary/aromatic N) is 3. The molecule has 15 heavy (non-hydrogen) atoms. The molecule has 6 heteroatoms. The third-order valence-corrected chi connectivity index (χ3v) is 2.03. The average Bonchev–Trinajstić information content (AvgIpc) is 2.65. The molecule has 1 unspecified atom stereocenters. The van der Waals surface area contributed by atoms with Gasteiger partial charge in [0.25, 0.3) is 0 Å². The summed E-state index contributed by atoms with van der Waals surface area (Å²) in [4.78, 5) is 8.00. The Morgan fingerprint density at radius 2 is 2.40 bits per heavy atom. The van der Waals surface area contributed by atoms with Crippen LogP contribution in [-0.4, -0.2) is 20.2 Å². The molecule has 0 amide bonds. The lowest BCUT2D eigenvalue weighted by molar-refractivity contribution is 0.855. The second-order valence-electron chi connectivity index (χ2n) is 3.20. The predicted molar refractivity (Wildman–Crippen MR) is 57.1 cm³/mol. The summed E-state index contributed by atoms with van der Waals surface area (Å²) in [5, 5.41) is 9.56. The standard InChI is InChI=1S/C9H12N6/c1-6(7-3-2-4-11-5-7)12-9-13-8(10)14-15-9/h2-6H,1H3,(H4,10,12,13,14,15). The van der Waals surface area contributed by atoms with E-state index in [2.05, 4.69) is 25.5 Å². The van der Waals surface area contributed by atoms with Crippen LogP contribution in [0, 0.1) is 0 Å². The summed E-state index contributed by atoms with van der Waals surface area (Å²) in [5.41, 5.74) is 6.48. The zero-order valence-corrected chi connectivity index (χ0v) is 8.31.